The van der Waals surface area contributed by atoms with Gasteiger partial charge in [-0.25, -0.2) is 0 Å². The molecule has 0 radical (unpaired) electrons. The molecule has 0 bridgehead atoms. The molecule has 1 aromatic rings. The van der Waals surface area contributed by atoms with Crippen LogP contribution in [0.15, 0.2) is 12.3 Å². The van der Waals surface area contributed by atoms with Crippen molar-refractivity contribution in [1.29, 1.82) is 0 Å². The Bertz CT molecular complexity index is 396. The Balaban J connectivity index is 2.49. The van der Waals surface area contributed by atoms with Gasteiger partial charge in [-0.2, -0.15) is 0 Å². The van der Waals surface area contributed by atoms with Crippen LogP contribution in [-0.2, 0) is 5.41 Å². The van der Waals surface area contributed by atoms with Crippen LogP contribution in [0.3, 0.4) is 0 Å². The molecule has 0 fully saturated rings. The van der Waals surface area contributed by atoms with Crippen LogP contribution in [-0.4, -0.2) is 17.3 Å². The lowest BCUT2D eigenvalue weighted by atomic mass is 9.91. The van der Waals surface area contributed by atoms with E-state index in [1.165, 1.54) is 0 Å². The second kappa shape index (κ2) is 2.80. The van der Waals surface area contributed by atoms with Gasteiger partial charge in [-0.05, 0) is 13.0 Å². The second-order valence-corrected chi connectivity index (χ2v) is 4.41. The largest absolute Gasteiger partial charge is 0.383 e. The molecule has 1 aliphatic rings. The molecule has 3 heteroatoms. The van der Waals surface area contributed by atoms with Crippen LogP contribution in [0.5, 0.6) is 0 Å². The molecule has 0 aliphatic carbocycles. The minimum absolute atomic E-state index is 0.0619. The van der Waals surface area contributed by atoms with Gasteiger partial charge in [-0.3, -0.25) is 9.78 Å². The third-order valence-electron chi connectivity index (χ3n) is 2.66. The van der Waals surface area contributed by atoms with Gasteiger partial charge >= 0.3 is 0 Å². The average Bonchev–Trinajstić information content (AvgIpc) is 2.42. The van der Waals surface area contributed by atoms with Crippen molar-refractivity contribution in [3.05, 3.63) is 23.5 Å². The molecule has 1 N–H and O–H groups in total. The lowest BCUT2D eigenvalue weighted by Gasteiger charge is -2.15. The van der Waals surface area contributed by atoms with Crippen molar-refractivity contribution in [2.75, 3.05) is 11.9 Å². The van der Waals surface area contributed by atoms with Crippen molar-refractivity contribution in [2.45, 2.75) is 26.2 Å². The highest BCUT2D eigenvalue weighted by Crippen LogP contribution is 2.34. The number of rotatable bonds is 1. The summed E-state index contributed by atoms with van der Waals surface area (Å²) in [5.41, 5.74) is 2.81. The van der Waals surface area contributed by atoms with E-state index in [2.05, 4.69) is 24.1 Å². The molecular formula is C11H14N2O. The first-order valence-corrected chi connectivity index (χ1v) is 4.76. The molecular weight excluding hydrogens is 176 g/mol. The number of nitrogens with zero attached hydrogens (tertiary/aromatic N) is 1. The molecule has 0 atom stereocenters. The van der Waals surface area contributed by atoms with Gasteiger partial charge in [0.15, 0.2) is 5.78 Å². The first-order valence-electron chi connectivity index (χ1n) is 4.76. The Morgan fingerprint density at radius 3 is 2.93 bits per heavy atom. The van der Waals surface area contributed by atoms with Crippen LogP contribution in [0.1, 0.15) is 36.8 Å². The highest BCUT2D eigenvalue weighted by Gasteiger charge is 2.31. The molecule has 1 aromatic heterocycles. The number of carbonyl (C=O) groups is 1. The third kappa shape index (κ3) is 1.29. The number of pyridine rings is 1. The molecule has 14 heavy (non-hydrogen) atoms. The summed E-state index contributed by atoms with van der Waals surface area (Å²) in [5, 5.41) is 3.27. The SMILES string of the molecule is CC(=O)c1cnc2c(c1)NCC2(C)C. The summed E-state index contributed by atoms with van der Waals surface area (Å²) < 4.78 is 0. The summed E-state index contributed by atoms with van der Waals surface area (Å²) in [6.45, 7) is 6.73. The zero-order valence-corrected chi connectivity index (χ0v) is 8.72. The number of ketones is 1. The highest BCUT2D eigenvalue weighted by molar-refractivity contribution is 5.94. The van der Waals surface area contributed by atoms with Gasteiger partial charge in [-0.15, -0.1) is 0 Å². The second-order valence-electron chi connectivity index (χ2n) is 4.41. The summed E-state index contributed by atoms with van der Waals surface area (Å²) in [6.07, 6.45) is 1.66. The Morgan fingerprint density at radius 1 is 1.57 bits per heavy atom. The van der Waals surface area contributed by atoms with Crippen LogP contribution in [0.25, 0.3) is 0 Å². The quantitative estimate of drug-likeness (QED) is 0.688. The van der Waals surface area contributed by atoms with E-state index >= 15 is 0 Å². The molecule has 0 saturated carbocycles. The third-order valence-corrected chi connectivity index (χ3v) is 2.66. The maximum Gasteiger partial charge on any atom is 0.161 e. The van der Waals surface area contributed by atoms with E-state index in [4.69, 9.17) is 0 Å². The molecule has 0 spiro atoms. The molecule has 2 heterocycles. The van der Waals surface area contributed by atoms with E-state index in [0.29, 0.717) is 5.56 Å². The Hall–Kier alpha value is -1.38. The number of hydrogen-bond acceptors (Lipinski definition) is 3. The summed E-state index contributed by atoms with van der Waals surface area (Å²) in [5.74, 6) is 0.0619. The van der Waals surface area contributed by atoms with Gasteiger partial charge in [0.05, 0.1) is 11.4 Å². The maximum atomic E-state index is 11.1. The van der Waals surface area contributed by atoms with Crippen LogP contribution in [0.2, 0.25) is 0 Å². The number of anilines is 1. The first-order chi connectivity index (χ1) is 6.50. The van der Waals surface area contributed by atoms with Gasteiger partial charge in [0.2, 0.25) is 0 Å². The number of Topliss-reactive ketones (excluding diaryl/α,β-unsaturated/α-hetero) is 1. The van der Waals surface area contributed by atoms with Gasteiger partial charge in [-0.1, -0.05) is 13.8 Å². The minimum atomic E-state index is 0.0619. The van der Waals surface area contributed by atoms with Crippen molar-refractivity contribution >= 4 is 11.5 Å². The Morgan fingerprint density at radius 2 is 2.29 bits per heavy atom. The van der Waals surface area contributed by atoms with Gasteiger partial charge in [0, 0.05) is 23.7 Å². The predicted octanol–water partition coefficient (Wildman–Crippen LogP) is 1.99. The van der Waals surface area contributed by atoms with Crippen LogP contribution in [0, 0.1) is 0 Å². The standard InChI is InChI=1S/C11H14N2O/c1-7(14)8-4-9-10(12-5-8)11(2,3)6-13-9/h4-5,13H,6H2,1-3H3. The molecule has 2 rings (SSSR count). The fourth-order valence-electron chi connectivity index (χ4n) is 1.73. The van der Waals surface area contributed by atoms with E-state index in [0.717, 1.165) is 17.9 Å². The van der Waals surface area contributed by atoms with Crippen molar-refractivity contribution < 1.29 is 4.79 Å². The summed E-state index contributed by atoms with van der Waals surface area (Å²) >= 11 is 0. The predicted molar refractivity (Wildman–Crippen MR) is 55.8 cm³/mol. The average molecular weight is 190 g/mol. The van der Waals surface area contributed by atoms with Crippen molar-refractivity contribution in [1.82, 2.24) is 4.98 Å². The Kier molecular flexibility index (Phi) is 1.84. The zero-order chi connectivity index (χ0) is 10.3. The molecule has 3 nitrogen and oxygen atoms in total. The van der Waals surface area contributed by atoms with Gasteiger partial charge < -0.3 is 5.32 Å². The van der Waals surface area contributed by atoms with Gasteiger partial charge in [0.25, 0.3) is 0 Å². The summed E-state index contributed by atoms with van der Waals surface area (Å²) in [4.78, 5) is 15.5. The van der Waals surface area contributed by atoms with Gasteiger partial charge in [0.1, 0.15) is 0 Å². The topological polar surface area (TPSA) is 42.0 Å². The maximum absolute atomic E-state index is 11.1. The summed E-state index contributed by atoms with van der Waals surface area (Å²) in [7, 11) is 0. The fraction of sp³-hybridized carbons (Fsp3) is 0.455. The molecule has 0 unspecified atom stereocenters. The lowest BCUT2D eigenvalue weighted by Crippen LogP contribution is -2.20. The lowest BCUT2D eigenvalue weighted by molar-refractivity contribution is 0.101. The van der Waals surface area contributed by atoms with E-state index in [1.807, 2.05) is 6.07 Å². The molecule has 0 aromatic carbocycles. The first kappa shape index (κ1) is 9.19. The molecule has 74 valence electrons. The zero-order valence-electron chi connectivity index (χ0n) is 8.72. The monoisotopic (exact) mass is 190 g/mol. The number of aromatic nitrogens is 1. The van der Waals surface area contributed by atoms with Crippen LogP contribution in [0.4, 0.5) is 5.69 Å². The van der Waals surface area contributed by atoms with E-state index in [9.17, 15) is 4.79 Å². The summed E-state index contributed by atoms with van der Waals surface area (Å²) in [6, 6.07) is 1.89. The van der Waals surface area contributed by atoms with Crippen molar-refractivity contribution in [2.24, 2.45) is 0 Å². The highest BCUT2D eigenvalue weighted by atomic mass is 16.1. The molecule has 0 amide bonds. The van der Waals surface area contributed by atoms with Crippen LogP contribution >= 0.6 is 0 Å². The van der Waals surface area contributed by atoms with Crippen molar-refractivity contribution in [3.63, 3.8) is 0 Å². The van der Waals surface area contributed by atoms with Crippen molar-refractivity contribution in [3.8, 4) is 0 Å². The number of carbonyl (C=O) groups excluding carboxylic acids is 1. The minimum Gasteiger partial charge on any atom is -0.383 e. The normalized spacial score (nSPS) is 17.4. The van der Waals surface area contributed by atoms with E-state index in [-0.39, 0.29) is 11.2 Å². The van der Waals surface area contributed by atoms with E-state index in [1.54, 1.807) is 13.1 Å². The Labute approximate surface area is 83.5 Å². The van der Waals surface area contributed by atoms with Crippen LogP contribution < -0.4 is 5.32 Å². The van der Waals surface area contributed by atoms with E-state index < -0.39 is 0 Å². The fourth-order valence-corrected chi connectivity index (χ4v) is 1.73. The number of hydrogen-bond donors (Lipinski definition) is 1. The number of nitrogens with one attached hydrogen (secondary N) is 1. The molecule has 1 aliphatic heterocycles. The molecule has 0 saturated heterocycles. The number of fused-ring (bicyclic) bond motifs is 1. The smallest absolute Gasteiger partial charge is 0.161 e.